The lowest BCUT2D eigenvalue weighted by Gasteiger charge is -2.06. The van der Waals surface area contributed by atoms with Crippen molar-refractivity contribution in [1.29, 1.82) is 0 Å². The van der Waals surface area contributed by atoms with Gasteiger partial charge in [0.1, 0.15) is 5.69 Å². The zero-order chi connectivity index (χ0) is 11.4. The van der Waals surface area contributed by atoms with E-state index in [0.717, 1.165) is 0 Å². The zero-order valence-electron chi connectivity index (χ0n) is 8.09. The van der Waals surface area contributed by atoms with Gasteiger partial charge < -0.3 is 10.5 Å². The van der Waals surface area contributed by atoms with Crippen LogP contribution in [0.15, 0.2) is 6.07 Å². The fraction of sp³-hybridized carbons (Fsp3) is 0.333. The average molecular weight is 249 g/mol. The molecule has 0 spiro atoms. The predicted octanol–water partition coefficient (Wildman–Crippen LogP) is 2.02. The van der Waals surface area contributed by atoms with Crippen molar-refractivity contribution < 1.29 is 9.53 Å². The van der Waals surface area contributed by atoms with Crippen LogP contribution in [0.1, 0.15) is 23.1 Å². The summed E-state index contributed by atoms with van der Waals surface area (Å²) in [4.78, 5) is 15.3. The Morgan fingerprint density at radius 3 is 2.80 bits per heavy atom. The topological polar surface area (TPSA) is 65.2 Å². The molecule has 0 fully saturated rings. The number of pyridine rings is 1. The number of ether oxygens (including phenoxy) is 1. The van der Waals surface area contributed by atoms with Crippen LogP contribution < -0.4 is 5.73 Å². The summed E-state index contributed by atoms with van der Waals surface area (Å²) in [5.74, 6) is -0.536. The van der Waals surface area contributed by atoms with E-state index in [1.807, 2.05) is 0 Å². The Kier molecular flexibility index (Phi) is 4.32. The van der Waals surface area contributed by atoms with Gasteiger partial charge in [-0.25, -0.2) is 9.78 Å². The molecule has 0 aromatic carbocycles. The van der Waals surface area contributed by atoms with Gasteiger partial charge in [0.05, 0.1) is 22.3 Å². The summed E-state index contributed by atoms with van der Waals surface area (Å²) >= 11 is 11.6. The Labute approximate surface area is 97.3 Å². The number of nitrogens with two attached hydrogens (primary N) is 1. The summed E-state index contributed by atoms with van der Waals surface area (Å²) < 4.78 is 4.78. The Bertz CT molecular complexity index is 383. The predicted molar refractivity (Wildman–Crippen MR) is 58.1 cm³/mol. The van der Waals surface area contributed by atoms with Crippen molar-refractivity contribution in [2.75, 3.05) is 6.61 Å². The van der Waals surface area contributed by atoms with Crippen LogP contribution in [0.5, 0.6) is 0 Å². The molecule has 0 aliphatic rings. The first-order chi connectivity index (χ1) is 7.10. The van der Waals surface area contributed by atoms with Crippen molar-refractivity contribution in [2.45, 2.75) is 13.5 Å². The van der Waals surface area contributed by atoms with Gasteiger partial charge in [0.2, 0.25) is 0 Å². The molecule has 82 valence electrons. The van der Waals surface area contributed by atoms with E-state index in [-0.39, 0.29) is 28.9 Å². The highest BCUT2D eigenvalue weighted by Gasteiger charge is 2.14. The third-order valence-electron chi connectivity index (χ3n) is 1.66. The van der Waals surface area contributed by atoms with E-state index in [9.17, 15) is 4.79 Å². The molecule has 0 bridgehead atoms. The highest BCUT2D eigenvalue weighted by Crippen LogP contribution is 2.25. The van der Waals surface area contributed by atoms with Crippen molar-refractivity contribution in [3.8, 4) is 0 Å². The minimum atomic E-state index is -0.536. The third-order valence-corrected chi connectivity index (χ3v) is 2.48. The third kappa shape index (κ3) is 2.81. The largest absolute Gasteiger partial charge is 0.461 e. The molecule has 1 aromatic rings. The summed E-state index contributed by atoms with van der Waals surface area (Å²) in [7, 11) is 0. The standard InChI is InChI=1S/C9H10Cl2N2O2/c1-2-15-9(14)6-3-5(10)8(11)7(4-12)13-6/h3H,2,4,12H2,1H3. The van der Waals surface area contributed by atoms with E-state index < -0.39 is 5.97 Å². The van der Waals surface area contributed by atoms with Gasteiger partial charge in [-0.3, -0.25) is 0 Å². The normalized spacial score (nSPS) is 10.1. The summed E-state index contributed by atoms with van der Waals surface area (Å²) in [6.07, 6.45) is 0. The van der Waals surface area contributed by atoms with E-state index >= 15 is 0 Å². The number of hydrogen-bond donors (Lipinski definition) is 1. The Morgan fingerprint density at radius 1 is 1.60 bits per heavy atom. The second-order valence-corrected chi connectivity index (χ2v) is 3.46. The maximum Gasteiger partial charge on any atom is 0.356 e. The van der Waals surface area contributed by atoms with E-state index in [4.69, 9.17) is 33.7 Å². The second kappa shape index (κ2) is 5.30. The number of aromatic nitrogens is 1. The van der Waals surface area contributed by atoms with Crippen LogP contribution in [-0.4, -0.2) is 17.6 Å². The lowest BCUT2D eigenvalue weighted by atomic mass is 10.3. The van der Waals surface area contributed by atoms with Gasteiger partial charge in [0.25, 0.3) is 0 Å². The van der Waals surface area contributed by atoms with Gasteiger partial charge in [-0.15, -0.1) is 0 Å². The highest BCUT2D eigenvalue weighted by atomic mass is 35.5. The maximum atomic E-state index is 11.3. The molecule has 0 aliphatic heterocycles. The second-order valence-electron chi connectivity index (χ2n) is 2.67. The zero-order valence-corrected chi connectivity index (χ0v) is 9.60. The molecule has 0 atom stereocenters. The van der Waals surface area contributed by atoms with Gasteiger partial charge in [-0.1, -0.05) is 23.2 Å². The molecular weight excluding hydrogens is 239 g/mol. The van der Waals surface area contributed by atoms with E-state index in [1.165, 1.54) is 6.07 Å². The van der Waals surface area contributed by atoms with Crippen molar-refractivity contribution >= 4 is 29.2 Å². The molecule has 2 N–H and O–H groups in total. The molecular formula is C9H10Cl2N2O2. The number of carbonyl (C=O) groups excluding carboxylic acids is 1. The first kappa shape index (κ1) is 12.2. The highest BCUT2D eigenvalue weighted by molar-refractivity contribution is 6.42. The molecule has 6 heteroatoms. The minimum absolute atomic E-state index is 0.117. The maximum absolute atomic E-state index is 11.3. The number of halogens is 2. The summed E-state index contributed by atoms with van der Waals surface area (Å²) in [6.45, 7) is 2.10. The van der Waals surface area contributed by atoms with Crippen LogP contribution in [0.3, 0.4) is 0 Å². The lowest BCUT2D eigenvalue weighted by Crippen LogP contribution is -2.10. The molecule has 1 aromatic heterocycles. The van der Waals surface area contributed by atoms with Crippen molar-refractivity contribution in [1.82, 2.24) is 4.98 Å². The molecule has 0 aliphatic carbocycles. The van der Waals surface area contributed by atoms with E-state index in [1.54, 1.807) is 6.92 Å². The number of nitrogens with zero attached hydrogens (tertiary/aromatic N) is 1. The number of carbonyl (C=O) groups is 1. The van der Waals surface area contributed by atoms with Gasteiger partial charge in [-0.05, 0) is 13.0 Å². The Hall–Kier alpha value is -0.840. The fourth-order valence-electron chi connectivity index (χ4n) is 0.993. The van der Waals surface area contributed by atoms with Gasteiger partial charge in [0.15, 0.2) is 0 Å². The molecule has 15 heavy (non-hydrogen) atoms. The van der Waals surface area contributed by atoms with Crippen molar-refractivity contribution in [2.24, 2.45) is 5.73 Å². The smallest absolute Gasteiger partial charge is 0.356 e. The van der Waals surface area contributed by atoms with Crippen LogP contribution in [0.25, 0.3) is 0 Å². The Balaban J connectivity index is 3.10. The molecule has 0 radical (unpaired) electrons. The first-order valence-corrected chi connectivity index (χ1v) is 5.07. The average Bonchev–Trinajstić information content (AvgIpc) is 2.22. The lowest BCUT2D eigenvalue weighted by molar-refractivity contribution is 0.0519. The SMILES string of the molecule is CCOC(=O)c1cc(Cl)c(Cl)c(CN)n1. The van der Waals surface area contributed by atoms with Gasteiger partial charge in [0, 0.05) is 6.54 Å². The van der Waals surface area contributed by atoms with E-state index in [2.05, 4.69) is 4.98 Å². The minimum Gasteiger partial charge on any atom is -0.461 e. The van der Waals surface area contributed by atoms with Crippen LogP contribution in [-0.2, 0) is 11.3 Å². The number of hydrogen-bond acceptors (Lipinski definition) is 4. The van der Waals surface area contributed by atoms with Gasteiger partial charge in [-0.2, -0.15) is 0 Å². The fourth-order valence-corrected chi connectivity index (χ4v) is 1.38. The molecule has 0 saturated carbocycles. The summed E-state index contributed by atoms with van der Waals surface area (Å²) in [5, 5.41) is 0.516. The Morgan fingerprint density at radius 2 is 2.27 bits per heavy atom. The van der Waals surface area contributed by atoms with Crippen LogP contribution >= 0.6 is 23.2 Å². The van der Waals surface area contributed by atoms with Crippen molar-refractivity contribution in [3.63, 3.8) is 0 Å². The molecule has 0 amide bonds. The van der Waals surface area contributed by atoms with Crippen LogP contribution in [0.2, 0.25) is 10.0 Å². The first-order valence-electron chi connectivity index (χ1n) is 4.32. The summed E-state index contributed by atoms with van der Waals surface area (Å²) in [6, 6.07) is 1.36. The molecule has 0 unspecified atom stereocenters. The molecule has 1 heterocycles. The van der Waals surface area contributed by atoms with E-state index in [0.29, 0.717) is 5.69 Å². The summed E-state index contributed by atoms with van der Waals surface area (Å²) in [5.41, 5.74) is 5.90. The van der Waals surface area contributed by atoms with Crippen LogP contribution in [0, 0.1) is 0 Å². The van der Waals surface area contributed by atoms with Crippen molar-refractivity contribution in [3.05, 3.63) is 27.5 Å². The molecule has 0 saturated heterocycles. The monoisotopic (exact) mass is 248 g/mol. The number of esters is 1. The van der Waals surface area contributed by atoms with Gasteiger partial charge >= 0.3 is 5.97 Å². The molecule has 1 rings (SSSR count). The van der Waals surface area contributed by atoms with Crippen LogP contribution in [0.4, 0.5) is 0 Å². The number of rotatable bonds is 3. The molecule has 4 nitrogen and oxygen atoms in total. The quantitative estimate of drug-likeness (QED) is 0.832.